The van der Waals surface area contributed by atoms with Gasteiger partial charge in [-0.2, -0.15) is 5.10 Å². The third-order valence-corrected chi connectivity index (χ3v) is 13.8. The average molecular weight is 994 g/mol. The Hall–Kier alpha value is -6.14. The molecule has 3 aliphatic heterocycles. The van der Waals surface area contributed by atoms with E-state index in [4.69, 9.17) is 9.47 Å². The molecule has 1 unspecified atom stereocenters. The van der Waals surface area contributed by atoms with Gasteiger partial charge in [0.15, 0.2) is 6.61 Å². The van der Waals surface area contributed by atoms with Crippen LogP contribution in [0.5, 0.6) is 11.5 Å². The van der Waals surface area contributed by atoms with E-state index in [-0.39, 0.29) is 48.0 Å². The number of imide groups is 2. The number of piperazine rings is 1. The summed E-state index contributed by atoms with van der Waals surface area (Å²) in [5, 5.41) is 10.1. The second-order valence-electron chi connectivity index (χ2n) is 16.9. The van der Waals surface area contributed by atoms with Crippen LogP contribution >= 0.6 is 22.6 Å². The first-order chi connectivity index (χ1) is 31.3. The number of carbonyl (C=O) groups is 5. The fourth-order valence-corrected chi connectivity index (χ4v) is 10.2. The molecule has 0 radical (unpaired) electrons. The number of aryl methyl sites for hydroxylation is 3. The summed E-state index contributed by atoms with van der Waals surface area (Å²) >= 11 is 2.32. The molecule has 9 rings (SSSR count). The molecule has 4 aromatic carbocycles. The number of fused-ring (bicyclic) bond motifs is 3. The Balaban J connectivity index is 0.873. The first kappa shape index (κ1) is 44.1. The van der Waals surface area contributed by atoms with Crippen LogP contribution < -0.4 is 14.8 Å². The number of nitrogens with one attached hydrogen (secondary N) is 1. The number of rotatable bonds is 13. The molecule has 336 valence electrons. The SMILES string of the molecule is Cc1nn(C)c(C)c1-c1c(F)ccc2c(CCCOc3cccc4cc(I)ccc34)c(C)n(CCN3CCN(C(=O)COc4cccc5c4C(=O)N(C4CCC(=O)NC4=O)C5=O)CC3)c12. The van der Waals surface area contributed by atoms with Crippen LogP contribution in [0, 0.1) is 30.2 Å². The monoisotopic (exact) mass is 993 g/mol. The molecule has 16 heteroatoms. The summed E-state index contributed by atoms with van der Waals surface area (Å²) < 4.78 is 33.7. The summed E-state index contributed by atoms with van der Waals surface area (Å²) in [5.41, 5.74) is 6.15. The fraction of sp³-hybridized carbons (Fsp3) is 0.347. The number of carbonyl (C=O) groups excluding carboxylic acids is 5. The fourth-order valence-electron chi connectivity index (χ4n) is 9.66. The smallest absolute Gasteiger partial charge is 0.266 e. The van der Waals surface area contributed by atoms with E-state index in [9.17, 15) is 24.0 Å². The highest BCUT2D eigenvalue weighted by Crippen LogP contribution is 2.40. The molecule has 1 N–H and O–H groups in total. The Kier molecular flexibility index (Phi) is 12.2. The van der Waals surface area contributed by atoms with Gasteiger partial charge in [-0.05, 0) is 122 Å². The summed E-state index contributed by atoms with van der Waals surface area (Å²) in [6, 6.07) is 19.4. The molecule has 5 heterocycles. The van der Waals surface area contributed by atoms with Crippen LogP contribution in [0.15, 0.2) is 66.7 Å². The molecule has 5 amide bonds. The zero-order valence-electron chi connectivity index (χ0n) is 36.7. The maximum atomic E-state index is 16.3. The minimum atomic E-state index is -1.11. The highest BCUT2D eigenvalue weighted by molar-refractivity contribution is 14.1. The van der Waals surface area contributed by atoms with Crippen molar-refractivity contribution in [1.29, 1.82) is 0 Å². The van der Waals surface area contributed by atoms with Crippen molar-refractivity contribution in [3.05, 3.63) is 110 Å². The van der Waals surface area contributed by atoms with Gasteiger partial charge in [0, 0.05) is 89.6 Å². The Labute approximate surface area is 388 Å². The van der Waals surface area contributed by atoms with E-state index in [1.165, 1.54) is 15.7 Å². The van der Waals surface area contributed by atoms with Gasteiger partial charge < -0.3 is 18.9 Å². The average Bonchev–Trinajstić information content (AvgIpc) is 3.82. The minimum Gasteiger partial charge on any atom is -0.493 e. The molecule has 6 aromatic rings. The summed E-state index contributed by atoms with van der Waals surface area (Å²) in [4.78, 5) is 69.4. The van der Waals surface area contributed by atoms with Crippen molar-refractivity contribution in [2.75, 3.05) is 45.9 Å². The van der Waals surface area contributed by atoms with E-state index in [0.717, 1.165) is 73.4 Å². The second kappa shape index (κ2) is 18.0. The van der Waals surface area contributed by atoms with E-state index < -0.39 is 29.7 Å². The molecule has 65 heavy (non-hydrogen) atoms. The van der Waals surface area contributed by atoms with Gasteiger partial charge in [0.2, 0.25) is 11.8 Å². The van der Waals surface area contributed by atoms with E-state index in [0.29, 0.717) is 51.4 Å². The van der Waals surface area contributed by atoms with Crippen LogP contribution in [0.3, 0.4) is 0 Å². The van der Waals surface area contributed by atoms with Crippen LogP contribution in [-0.2, 0) is 34.4 Å². The van der Waals surface area contributed by atoms with Gasteiger partial charge in [0.05, 0.1) is 28.9 Å². The maximum Gasteiger partial charge on any atom is 0.266 e. The lowest BCUT2D eigenvalue weighted by atomic mass is 9.98. The lowest BCUT2D eigenvalue weighted by molar-refractivity contribution is -0.136. The number of halogens is 2. The van der Waals surface area contributed by atoms with Crippen molar-refractivity contribution >= 4 is 73.8 Å². The van der Waals surface area contributed by atoms with Crippen LogP contribution in [0.4, 0.5) is 4.39 Å². The third-order valence-electron chi connectivity index (χ3n) is 13.1. The van der Waals surface area contributed by atoms with Gasteiger partial charge >= 0.3 is 0 Å². The Morgan fingerprint density at radius 3 is 2.35 bits per heavy atom. The van der Waals surface area contributed by atoms with Crippen molar-refractivity contribution in [3.8, 4) is 22.6 Å². The molecule has 14 nitrogen and oxygen atoms in total. The summed E-state index contributed by atoms with van der Waals surface area (Å²) in [7, 11) is 1.88. The highest BCUT2D eigenvalue weighted by atomic mass is 127. The van der Waals surface area contributed by atoms with Crippen molar-refractivity contribution in [1.82, 2.24) is 34.4 Å². The number of aromatic nitrogens is 3. The number of nitrogens with zero attached hydrogens (tertiary/aromatic N) is 6. The molecule has 3 aliphatic rings. The number of hydrogen-bond donors (Lipinski definition) is 1. The van der Waals surface area contributed by atoms with Crippen molar-refractivity contribution in [2.45, 2.75) is 59.0 Å². The predicted octanol–water partition coefficient (Wildman–Crippen LogP) is 6.50. The second-order valence-corrected chi connectivity index (χ2v) is 18.2. The molecule has 2 aromatic heterocycles. The van der Waals surface area contributed by atoms with Gasteiger partial charge in [-0.1, -0.05) is 18.2 Å². The highest BCUT2D eigenvalue weighted by Gasteiger charge is 2.46. The van der Waals surface area contributed by atoms with Crippen molar-refractivity contribution in [2.24, 2.45) is 7.05 Å². The van der Waals surface area contributed by atoms with Crippen LogP contribution in [0.1, 0.15) is 62.6 Å². The lowest BCUT2D eigenvalue weighted by Crippen LogP contribution is -2.54. The standard InChI is InChI=1S/C49H49FIN7O7/c1-28-43(30(3)54(4)53-28)45-37(50)16-15-35-33(10-7-25-64-39-11-5-8-31-26-32(51)13-14-34(31)39)29(2)57(46(35)45)24-21-55-19-22-56(23-20-55)42(60)27-65-40-12-6-9-36-44(40)49(63)58(48(36)62)38-17-18-41(59)52-47(38)61/h5-6,8-9,11-16,26,38H,7,10,17-25,27H2,1-4H3,(H,52,59,61). The summed E-state index contributed by atoms with van der Waals surface area (Å²) in [6.07, 6.45) is 1.55. The molecule has 0 aliphatic carbocycles. The van der Waals surface area contributed by atoms with E-state index in [1.54, 1.807) is 21.7 Å². The van der Waals surface area contributed by atoms with E-state index in [1.807, 2.05) is 39.1 Å². The first-order valence-corrected chi connectivity index (χ1v) is 23.0. The summed E-state index contributed by atoms with van der Waals surface area (Å²) in [6.45, 7) is 9.57. The zero-order chi connectivity index (χ0) is 45.7. The molecular formula is C49H49FIN7O7. The normalized spacial score (nSPS) is 16.8. The number of piperidine rings is 1. The van der Waals surface area contributed by atoms with Gasteiger partial charge in [0.25, 0.3) is 17.7 Å². The molecule has 0 saturated carbocycles. The molecule has 2 saturated heterocycles. The lowest BCUT2D eigenvalue weighted by Gasteiger charge is -2.35. The van der Waals surface area contributed by atoms with Crippen molar-refractivity contribution in [3.63, 3.8) is 0 Å². The Bertz CT molecular complexity index is 2940. The van der Waals surface area contributed by atoms with Gasteiger partial charge in [-0.3, -0.25) is 43.8 Å². The predicted molar refractivity (Wildman–Crippen MR) is 250 cm³/mol. The van der Waals surface area contributed by atoms with Crippen LogP contribution in [0.25, 0.3) is 32.8 Å². The zero-order valence-corrected chi connectivity index (χ0v) is 38.9. The van der Waals surface area contributed by atoms with Gasteiger partial charge in [-0.15, -0.1) is 0 Å². The third kappa shape index (κ3) is 8.26. The topological polar surface area (TPSA) is 148 Å². The first-order valence-electron chi connectivity index (χ1n) is 21.9. The number of ether oxygens (including phenoxy) is 2. The van der Waals surface area contributed by atoms with E-state index >= 15 is 4.39 Å². The van der Waals surface area contributed by atoms with Crippen molar-refractivity contribution < 1.29 is 37.8 Å². The van der Waals surface area contributed by atoms with Gasteiger partial charge in [-0.25, -0.2) is 4.39 Å². The number of benzene rings is 4. The van der Waals surface area contributed by atoms with Crippen LogP contribution in [0.2, 0.25) is 0 Å². The van der Waals surface area contributed by atoms with E-state index in [2.05, 4.69) is 73.7 Å². The summed E-state index contributed by atoms with van der Waals surface area (Å²) in [5.74, 6) is -2.13. The molecular weight excluding hydrogens is 944 g/mol. The maximum absolute atomic E-state index is 16.3. The van der Waals surface area contributed by atoms with Gasteiger partial charge in [0.1, 0.15) is 23.4 Å². The number of hydrogen-bond acceptors (Lipinski definition) is 9. The molecule has 1 atom stereocenters. The number of amides is 5. The largest absolute Gasteiger partial charge is 0.493 e. The molecule has 0 spiro atoms. The molecule has 0 bridgehead atoms. The minimum absolute atomic E-state index is 0.00299. The Morgan fingerprint density at radius 2 is 1.60 bits per heavy atom. The quantitative estimate of drug-likeness (QED) is 0.0779. The molecule has 2 fully saturated rings. The van der Waals surface area contributed by atoms with Crippen LogP contribution in [-0.4, -0.2) is 111 Å². The Morgan fingerprint density at radius 1 is 0.846 bits per heavy atom.